The lowest BCUT2D eigenvalue weighted by atomic mass is 10.1. The van der Waals surface area contributed by atoms with Crippen LogP contribution in [0.3, 0.4) is 0 Å². The van der Waals surface area contributed by atoms with Crippen LogP contribution in [0, 0.1) is 0 Å². The van der Waals surface area contributed by atoms with E-state index in [1.807, 2.05) is 99.9 Å². The van der Waals surface area contributed by atoms with Gasteiger partial charge >= 0.3 is 0 Å². The Hall–Kier alpha value is -4.16. The van der Waals surface area contributed by atoms with Crippen LogP contribution in [0.4, 0.5) is 5.82 Å². The average molecular weight is 483 g/mol. The lowest BCUT2D eigenvalue weighted by Crippen LogP contribution is -2.28. The number of nitrogens with zero attached hydrogens (tertiary/aromatic N) is 3. The number of para-hydroxylation sites is 1. The van der Waals surface area contributed by atoms with Gasteiger partial charge in [-0.15, -0.1) is 0 Å². The number of ether oxygens (including phenoxy) is 1. The Morgan fingerprint density at radius 3 is 2.17 bits per heavy atom. The van der Waals surface area contributed by atoms with Gasteiger partial charge in [-0.1, -0.05) is 73.3 Å². The Labute approximate surface area is 213 Å². The second kappa shape index (κ2) is 13.1. The predicted molar refractivity (Wildman–Crippen MR) is 150 cm³/mol. The highest BCUT2D eigenvalue weighted by Crippen LogP contribution is 2.26. The second-order valence-corrected chi connectivity index (χ2v) is 8.43. The minimum Gasteiger partial charge on any atom is -0.457 e. The van der Waals surface area contributed by atoms with E-state index in [9.17, 15) is 4.79 Å². The molecule has 0 spiro atoms. The molecule has 4 rings (SSSR count). The molecule has 0 bridgehead atoms. The summed E-state index contributed by atoms with van der Waals surface area (Å²) in [4.78, 5) is 14.5. The summed E-state index contributed by atoms with van der Waals surface area (Å²) in [6.07, 6.45) is 5.58. The van der Waals surface area contributed by atoms with Gasteiger partial charge in [-0.25, -0.2) is 4.68 Å². The van der Waals surface area contributed by atoms with Crippen LogP contribution in [0.5, 0.6) is 11.5 Å². The SMILES string of the molecule is C=C/C=C/C.CN(C)C(CNc1nn(C)c(=O)c2ccccc12)c1ccc(Oc2ccccc2)cc1. The predicted octanol–water partition coefficient (Wildman–Crippen LogP) is 6.19. The van der Waals surface area contributed by atoms with Crippen molar-refractivity contribution in [2.24, 2.45) is 7.05 Å². The van der Waals surface area contributed by atoms with Gasteiger partial charge in [0.15, 0.2) is 5.82 Å². The van der Waals surface area contributed by atoms with Crippen molar-refractivity contribution in [3.05, 3.63) is 120 Å². The topological polar surface area (TPSA) is 59.4 Å². The molecule has 186 valence electrons. The molecule has 1 atom stereocenters. The van der Waals surface area contributed by atoms with Crippen LogP contribution in [0.25, 0.3) is 10.8 Å². The summed E-state index contributed by atoms with van der Waals surface area (Å²) in [5, 5.41) is 9.37. The highest BCUT2D eigenvalue weighted by Gasteiger charge is 2.16. The van der Waals surface area contributed by atoms with Gasteiger partial charge in [0.25, 0.3) is 5.56 Å². The fraction of sp³-hybridized carbons (Fsp3) is 0.200. The van der Waals surface area contributed by atoms with Crippen LogP contribution >= 0.6 is 0 Å². The third-order valence-corrected chi connectivity index (χ3v) is 5.62. The molecule has 36 heavy (non-hydrogen) atoms. The Kier molecular flexibility index (Phi) is 9.60. The van der Waals surface area contributed by atoms with E-state index in [1.165, 1.54) is 4.68 Å². The molecule has 0 aliphatic rings. The van der Waals surface area contributed by atoms with Crippen molar-refractivity contribution >= 4 is 16.6 Å². The largest absolute Gasteiger partial charge is 0.457 e. The van der Waals surface area contributed by atoms with Crippen molar-refractivity contribution in [1.82, 2.24) is 14.7 Å². The van der Waals surface area contributed by atoms with Gasteiger partial charge in [0.2, 0.25) is 0 Å². The van der Waals surface area contributed by atoms with Crippen LogP contribution < -0.4 is 15.6 Å². The highest BCUT2D eigenvalue weighted by atomic mass is 16.5. The Bertz CT molecular complexity index is 1340. The molecule has 0 saturated heterocycles. The van der Waals surface area contributed by atoms with E-state index in [4.69, 9.17) is 4.74 Å². The summed E-state index contributed by atoms with van der Waals surface area (Å²) in [6, 6.07) is 25.5. The molecule has 4 aromatic rings. The first-order chi connectivity index (χ1) is 17.4. The Morgan fingerprint density at radius 1 is 0.972 bits per heavy atom. The van der Waals surface area contributed by atoms with Gasteiger partial charge in [-0.05, 0) is 56.9 Å². The molecule has 1 heterocycles. The van der Waals surface area contributed by atoms with Gasteiger partial charge in [-0.3, -0.25) is 4.79 Å². The van der Waals surface area contributed by atoms with Crippen LogP contribution in [0.2, 0.25) is 0 Å². The third-order valence-electron chi connectivity index (χ3n) is 5.62. The molecule has 1 N–H and O–H groups in total. The van der Waals surface area contributed by atoms with Gasteiger partial charge in [0.05, 0.1) is 11.4 Å². The zero-order chi connectivity index (χ0) is 25.9. The Balaban J connectivity index is 0.000000658. The molecule has 0 amide bonds. The number of hydrogen-bond donors (Lipinski definition) is 1. The number of rotatable bonds is 8. The quantitative estimate of drug-likeness (QED) is 0.304. The number of fused-ring (bicyclic) bond motifs is 1. The van der Waals surface area contributed by atoms with Gasteiger partial charge in [0.1, 0.15) is 11.5 Å². The van der Waals surface area contributed by atoms with Gasteiger partial charge < -0.3 is 15.0 Å². The van der Waals surface area contributed by atoms with E-state index >= 15 is 0 Å². The number of anilines is 1. The van der Waals surface area contributed by atoms with Crippen LogP contribution in [0.1, 0.15) is 18.5 Å². The zero-order valence-corrected chi connectivity index (χ0v) is 21.4. The summed E-state index contributed by atoms with van der Waals surface area (Å²) >= 11 is 0. The van der Waals surface area contributed by atoms with E-state index < -0.39 is 0 Å². The minimum absolute atomic E-state index is 0.0979. The standard InChI is InChI=1S/C25H26N4O2.C5H8/c1-28(2)23(18-13-15-20(16-14-18)31-19-9-5-4-6-10-19)17-26-24-21-11-7-8-12-22(21)25(30)29(3)27-24;1-3-5-4-2/h4-16,23H,17H2,1-3H3,(H,26,27);3-5H,1H2,2H3/b;5-4+. The number of nitrogens with one attached hydrogen (secondary N) is 1. The molecule has 0 fully saturated rings. The summed E-state index contributed by atoms with van der Waals surface area (Å²) in [6.45, 7) is 6.06. The normalized spacial score (nSPS) is 11.7. The molecule has 6 heteroatoms. The average Bonchev–Trinajstić information content (AvgIpc) is 2.89. The molecule has 1 aromatic heterocycles. The minimum atomic E-state index is -0.0979. The van der Waals surface area contributed by atoms with E-state index in [1.54, 1.807) is 13.1 Å². The maximum atomic E-state index is 12.4. The maximum absolute atomic E-state index is 12.4. The van der Waals surface area contributed by atoms with E-state index in [2.05, 4.69) is 34.0 Å². The molecule has 0 aliphatic carbocycles. The molecule has 6 nitrogen and oxygen atoms in total. The zero-order valence-electron chi connectivity index (χ0n) is 21.4. The number of allylic oxidation sites excluding steroid dienone is 3. The number of aromatic nitrogens is 2. The summed E-state index contributed by atoms with van der Waals surface area (Å²) in [5.41, 5.74) is 1.06. The number of likely N-dealkylation sites (N-methyl/N-ethyl adjacent to an activating group) is 1. The first-order valence-corrected chi connectivity index (χ1v) is 11.9. The van der Waals surface area contributed by atoms with Crippen molar-refractivity contribution in [2.45, 2.75) is 13.0 Å². The first-order valence-electron chi connectivity index (χ1n) is 11.9. The molecule has 1 unspecified atom stereocenters. The summed E-state index contributed by atoms with van der Waals surface area (Å²) < 4.78 is 7.28. The second-order valence-electron chi connectivity index (χ2n) is 8.43. The summed E-state index contributed by atoms with van der Waals surface area (Å²) in [7, 11) is 5.77. The smallest absolute Gasteiger partial charge is 0.274 e. The molecule has 3 aromatic carbocycles. The van der Waals surface area contributed by atoms with E-state index in [-0.39, 0.29) is 11.6 Å². The van der Waals surface area contributed by atoms with Crippen molar-refractivity contribution in [3.8, 4) is 11.5 Å². The summed E-state index contributed by atoms with van der Waals surface area (Å²) in [5.74, 6) is 2.31. The van der Waals surface area contributed by atoms with Crippen LogP contribution in [0.15, 0.2) is 108 Å². The van der Waals surface area contributed by atoms with Crippen LogP contribution in [-0.4, -0.2) is 35.3 Å². The lowest BCUT2D eigenvalue weighted by Gasteiger charge is -2.26. The van der Waals surface area contributed by atoms with Crippen LogP contribution in [-0.2, 0) is 7.05 Å². The maximum Gasteiger partial charge on any atom is 0.274 e. The fourth-order valence-electron chi connectivity index (χ4n) is 3.74. The number of aryl methyl sites for hydroxylation is 1. The van der Waals surface area contributed by atoms with Crippen molar-refractivity contribution in [1.29, 1.82) is 0 Å². The van der Waals surface area contributed by atoms with E-state index in [0.717, 1.165) is 22.4 Å². The number of benzene rings is 3. The highest BCUT2D eigenvalue weighted by molar-refractivity contribution is 5.90. The molecular formula is C30H34N4O2. The van der Waals surface area contributed by atoms with E-state index in [0.29, 0.717) is 17.7 Å². The first kappa shape index (κ1) is 26.4. The molecular weight excluding hydrogens is 448 g/mol. The van der Waals surface area contributed by atoms with Gasteiger partial charge in [0, 0.05) is 19.0 Å². The molecule has 0 radical (unpaired) electrons. The molecule has 0 saturated carbocycles. The van der Waals surface area contributed by atoms with Crippen molar-refractivity contribution < 1.29 is 4.74 Å². The monoisotopic (exact) mass is 482 g/mol. The fourth-order valence-corrected chi connectivity index (χ4v) is 3.74. The van der Waals surface area contributed by atoms with Crippen molar-refractivity contribution in [2.75, 3.05) is 26.0 Å². The van der Waals surface area contributed by atoms with Gasteiger partial charge in [-0.2, -0.15) is 5.10 Å². The lowest BCUT2D eigenvalue weighted by molar-refractivity contribution is 0.311. The molecule has 0 aliphatic heterocycles. The number of hydrogen-bond acceptors (Lipinski definition) is 5. The Morgan fingerprint density at radius 2 is 1.58 bits per heavy atom. The third kappa shape index (κ3) is 6.93. The van der Waals surface area contributed by atoms with Crippen molar-refractivity contribution in [3.63, 3.8) is 0 Å².